The number of hydrogen-bond acceptors (Lipinski definition) is 8. The molecule has 4 aromatic carbocycles. The number of piperidine rings is 1. The van der Waals surface area contributed by atoms with Crippen LogP contribution in [0.15, 0.2) is 97.1 Å². The van der Waals surface area contributed by atoms with Crippen molar-refractivity contribution in [1.29, 1.82) is 0 Å². The molecule has 3 aliphatic rings. The third-order valence-electron chi connectivity index (χ3n) is 10.1. The van der Waals surface area contributed by atoms with E-state index in [9.17, 15) is 19.8 Å². The highest BCUT2D eigenvalue weighted by atomic mass is 16.5. The first-order valence-corrected chi connectivity index (χ1v) is 16.0. The van der Waals surface area contributed by atoms with Gasteiger partial charge in [-0.1, -0.05) is 60.7 Å². The molecule has 4 bridgehead atoms. The summed E-state index contributed by atoms with van der Waals surface area (Å²) in [7, 11) is 4.55. The van der Waals surface area contributed by atoms with E-state index in [1.807, 2.05) is 36.4 Å². The maximum atomic E-state index is 14.7. The molecular formula is C38H38N2O8. The van der Waals surface area contributed by atoms with Crippen molar-refractivity contribution in [3.8, 4) is 23.0 Å². The van der Waals surface area contributed by atoms with Gasteiger partial charge in [0.15, 0.2) is 11.2 Å². The number of carbonyl (C=O) groups excluding carboxylic acids is 2. The summed E-state index contributed by atoms with van der Waals surface area (Å²) >= 11 is 0. The van der Waals surface area contributed by atoms with Gasteiger partial charge < -0.3 is 39.4 Å². The maximum absolute atomic E-state index is 14.7. The van der Waals surface area contributed by atoms with Gasteiger partial charge in [-0.3, -0.25) is 9.59 Å². The molecule has 7 rings (SSSR count). The number of hydrogen-bond donors (Lipinski definition) is 3. The van der Waals surface area contributed by atoms with Crippen LogP contribution in [-0.2, 0) is 16.0 Å². The SMILES string of the molecule is COc1ccc([C@@]23Oc4cc(OC)cc(OC)c4[C@]4(O)[C@@H](C(=O)N(CCCCNC(=O)c5ccccc5)[C@@]42O)[C@H]3c2ccccc2)cc1. The van der Waals surface area contributed by atoms with Crippen molar-refractivity contribution in [2.75, 3.05) is 34.4 Å². The molecule has 4 aromatic rings. The van der Waals surface area contributed by atoms with Crippen molar-refractivity contribution in [1.82, 2.24) is 10.2 Å². The second kappa shape index (κ2) is 11.9. The number of amides is 2. The van der Waals surface area contributed by atoms with E-state index < -0.39 is 34.7 Å². The van der Waals surface area contributed by atoms with E-state index in [4.69, 9.17) is 18.9 Å². The summed E-state index contributed by atoms with van der Waals surface area (Å²) in [5.41, 5.74) is -4.07. The second-order valence-electron chi connectivity index (χ2n) is 12.4. The van der Waals surface area contributed by atoms with Crippen LogP contribution < -0.4 is 24.3 Å². The zero-order valence-electron chi connectivity index (χ0n) is 27.0. The highest BCUT2D eigenvalue weighted by Gasteiger charge is 2.90. The minimum Gasteiger partial charge on any atom is -0.497 e. The maximum Gasteiger partial charge on any atom is 0.251 e. The van der Waals surface area contributed by atoms with Crippen LogP contribution >= 0.6 is 0 Å². The van der Waals surface area contributed by atoms with Crippen LogP contribution in [0.2, 0.25) is 0 Å². The Labute approximate surface area is 278 Å². The molecule has 2 aliphatic heterocycles. The van der Waals surface area contributed by atoms with Crippen LogP contribution in [0.25, 0.3) is 0 Å². The number of ether oxygens (including phenoxy) is 4. The summed E-state index contributed by atoms with van der Waals surface area (Å²) in [6, 6.07) is 28.7. The number of aliphatic hydroxyl groups is 2. The van der Waals surface area contributed by atoms with Crippen LogP contribution in [0, 0.1) is 5.92 Å². The van der Waals surface area contributed by atoms with E-state index in [0.717, 1.165) is 5.56 Å². The number of carbonyl (C=O) groups is 2. The van der Waals surface area contributed by atoms with Gasteiger partial charge in [-0.25, -0.2) is 0 Å². The lowest BCUT2D eigenvalue weighted by atomic mass is 9.70. The largest absolute Gasteiger partial charge is 0.497 e. The van der Waals surface area contributed by atoms with Crippen LogP contribution in [0.3, 0.4) is 0 Å². The van der Waals surface area contributed by atoms with E-state index in [1.54, 1.807) is 67.8 Å². The predicted octanol–water partition coefficient (Wildman–Crippen LogP) is 4.34. The quantitative estimate of drug-likeness (QED) is 0.205. The van der Waals surface area contributed by atoms with Crippen molar-refractivity contribution >= 4 is 11.8 Å². The van der Waals surface area contributed by atoms with E-state index in [-0.39, 0.29) is 29.5 Å². The fraction of sp³-hybridized carbons (Fsp3) is 0.316. The van der Waals surface area contributed by atoms with Gasteiger partial charge in [-0.05, 0) is 42.7 Å². The first kappa shape index (κ1) is 31.5. The molecule has 10 heteroatoms. The van der Waals surface area contributed by atoms with Gasteiger partial charge in [0.05, 0.1) is 32.8 Å². The molecule has 0 radical (unpaired) electrons. The molecule has 2 fully saturated rings. The van der Waals surface area contributed by atoms with E-state index in [1.165, 1.54) is 19.1 Å². The summed E-state index contributed by atoms with van der Waals surface area (Å²) in [4.78, 5) is 28.6. The highest BCUT2D eigenvalue weighted by Crippen LogP contribution is 2.76. The first-order chi connectivity index (χ1) is 23.3. The minimum atomic E-state index is -2.28. The molecular weight excluding hydrogens is 612 g/mol. The summed E-state index contributed by atoms with van der Waals surface area (Å²) in [6.07, 6.45) is 0.963. The lowest BCUT2D eigenvalue weighted by molar-refractivity contribution is -0.279. The molecule has 1 saturated carbocycles. The summed E-state index contributed by atoms with van der Waals surface area (Å²) in [5, 5.41) is 29.5. The van der Waals surface area contributed by atoms with Gasteiger partial charge in [-0.2, -0.15) is 0 Å². The van der Waals surface area contributed by atoms with Gasteiger partial charge in [0.25, 0.3) is 5.91 Å². The van der Waals surface area contributed by atoms with Crippen molar-refractivity contribution in [2.45, 2.75) is 35.7 Å². The zero-order valence-corrected chi connectivity index (χ0v) is 27.0. The number of benzene rings is 4. The number of unbranched alkanes of at least 4 members (excludes halogenated alkanes) is 1. The summed E-state index contributed by atoms with van der Waals surface area (Å²) in [6.45, 7) is 0.469. The molecule has 48 heavy (non-hydrogen) atoms. The Kier molecular flexibility index (Phi) is 7.80. The highest BCUT2D eigenvalue weighted by molar-refractivity contribution is 5.94. The molecule has 5 atom stereocenters. The van der Waals surface area contributed by atoms with Crippen LogP contribution in [-0.4, -0.2) is 67.1 Å². The molecule has 2 amide bonds. The van der Waals surface area contributed by atoms with Gasteiger partial charge in [-0.15, -0.1) is 0 Å². The van der Waals surface area contributed by atoms with Crippen LogP contribution in [0.4, 0.5) is 0 Å². The van der Waals surface area contributed by atoms with E-state index in [0.29, 0.717) is 42.0 Å². The van der Waals surface area contributed by atoms with Crippen molar-refractivity contribution in [3.05, 3.63) is 119 Å². The van der Waals surface area contributed by atoms with Gasteiger partial charge in [0, 0.05) is 42.3 Å². The van der Waals surface area contributed by atoms with Gasteiger partial charge in [0.1, 0.15) is 23.0 Å². The molecule has 1 aliphatic carbocycles. The number of rotatable bonds is 11. The number of fused-ring (bicyclic) bond motifs is 1. The smallest absolute Gasteiger partial charge is 0.251 e. The number of nitrogens with one attached hydrogen (secondary N) is 1. The molecule has 0 spiro atoms. The average Bonchev–Trinajstić information content (AvgIpc) is 3.35. The zero-order chi connectivity index (χ0) is 33.7. The van der Waals surface area contributed by atoms with Crippen LogP contribution in [0.5, 0.6) is 23.0 Å². The Morgan fingerprint density at radius 2 is 1.50 bits per heavy atom. The number of nitrogens with zero attached hydrogens (tertiary/aromatic N) is 1. The monoisotopic (exact) mass is 650 g/mol. The Morgan fingerprint density at radius 3 is 2.15 bits per heavy atom. The normalized spacial score (nSPS) is 26.4. The van der Waals surface area contributed by atoms with Crippen molar-refractivity contribution < 1.29 is 38.7 Å². The van der Waals surface area contributed by atoms with Gasteiger partial charge >= 0.3 is 0 Å². The molecule has 1 saturated heterocycles. The first-order valence-electron chi connectivity index (χ1n) is 16.0. The number of methoxy groups -OCH3 is 3. The molecule has 3 N–H and O–H groups in total. The third kappa shape index (κ3) is 4.25. The van der Waals surface area contributed by atoms with Crippen molar-refractivity contribution in [2.24, 2.45) is 5.92 Å². The van der Waals surface area contributed by atoms with E-state index >= 15 is 0 Å². The van der Waals surface area contributed by atoms with Crippen molar-refractivity contribution in [3.63, 3.8) is 0 Å². The lowest BCUT2D eigenvalue weighted by Gasteiger charge is -2.56. The van der Waals surface area contributed by atoms with Crippen LogP contribution in [0.1, 0.15) is 45.8 Å². The van der Waals surface area contributed by atoms with E-state index in [2.05, 4.69) is 5.32 Å². The summed E-state index contributed by atoms with van der Waals surface area (Å²) < 4.78 is 23.8. The molecule has 0 aromatic heterocycles. The second-order valence-corrected chi connectivity index (χ2v) is 12.4. The molecule has 10 nitrogen and oxygen atoms in total. The molecule has 248 valence electrons. The number of likely N-dealkylation sites (tertiary alicyclic amines) is 1. The Balaban J connectivity index is 1.34. The molecule has 0 unspecified atom stereocenters. The minimum absolute atomic E-state index is 0.103. The standard InChI is InChI=1S/C38H38N2O8/c1-45-27-18-16-26(17-19-27)37-31(24-12-6-4-7-13-24)33-35(42)40(21-11-10-20-39-34(41)25-14-8-5-9-15-25)38(37,44)36(33,43)32-29(47-3)22-28(46-2)23-30(32)48-37/h4-9,12-19,22-23,31,33,43-44H,10-11,20-21H2,1-3H3,(H,39,41)/t31-,33-,36+,37+,38-/m1/s1. The summed E-state index contributed by atoms with van der Waals surface area (Å²) in [5.74, 6) is -1.04. The topological polar surface area (TPSA) is 127 Å². The molecule has 2 heterocycles. The fourth-order valence-corrected chi connectivity index (χ4v) is 8.11. The lowest BCUT2D eigenvalue weighted by Crippen LogP contribution is -2.71. The van der Waals surface area contributed by atoms with Gasteiger partial charge in [0.2, 0.25) is 11.6 Å². The Hall–Kier alpha value is -5.06. The Morgan fingerprint density at radius 1 is 0.833 bits per heavy atom. The third-order valence-corrected chi connectivity index (χ3v) is 10.1. The average molecular weight is 651 g/mol. The fourth-order valence-electron chi connectivity index (χ4n) is 8.11. The predicted molar refractivity (Wildman–Crippen MR) is 176 cm³/mol. The Bertz CT molecular complexity index is 1840.